The van der Waals surface area contributed by atoms with Gasteiger partial charge in [-0.1, -0.05) is 11.6 Å². The zero-order valence-electron chi connectivity index (χ0n) is 11.4. The van der Waals surface area contributed by atoms with Crippen LogP contribution in [-0.2, 0) is 0 Å². The van der Waals surface area contributed by atoms with Gasteiger partial charge in [-0.25, -0.2) is 4.98 Å². The molecule has 6 heteroatoms. The van der Waals surface area contributed by atoms with Crippen LogP contribution in [-0.4, -0.2) is 24.2 Å². The summed E-state index contributed by atoms with van der Waals surface area (Å²) in [5.41, 5.74) is 2.68. The van der Waals surface area contributed by atoms with Crippen LogP contribution in [0.3, 0.4) is 0 Å². The molecule has 0 aliphatic heterocycles. The van der Waals surface area contributed by atoms with Crippen LogP contribution in [0.15, 0.2) is 30.3 Å². The second-order valence-corrected chi connectivity index (χ2v) is 6.03. The molecule has 0 aliphatic rings. The van der Waals surface area contributed by atoms with Crippen molar-refractivity contribution in [2.45, 2.75) is 0 Å². The smallest absolute Gasteiger partial charge is 0.163 e. The maximum absolute atomic E-state index is 6.08. The zero-order valence-corrected chi connectivity index (χ0v) is 14.3. The summed E-state index contributed by atoms with van der Waals surface area (Å²) in [5.74, 6) is 2.09. The van der Waals surface area contributed by atoms with Crippen molar-refractivity contribution in [1.82, 2.24) is 9.97 Å². The first kappa shape index (κ1) is 14.5. The van der Waals surface area contributed by atoms with E-state index in [-0.39, 0.29) is 0 Å². The Balaban J connectivity index is 2.19. The van der Waals surface area contributed by atoms with Crippen molar-refractivity contribution >= 4 is 45.2 Å². The molecule has 3 rings (SSSR count). The van der Waals surface area contributed by atoms with Crippen LogP contribution in [0.1, 0.15) is 0 Å². The van der Waals surface area contributed by atoms with Gasteiger partial charge in [0.25, 0.3) is 0 Å². The Kier molecular flexibility index (Phi) is 3.95. The number of hydrogen-bond donors (Lipinski definition) is 1. The molecule has 0 amide bonds. The fourth-order valence-electron chi connectivity index (χ4n) is 2.14. The SMILES string of the molecule is COc1cc2nc(-c3cc(Cl)ccc3I)[nH]c2cc1OC. The molecule has 4 nitrogen and oxygen atoms in total. The van der Waals surface area contributed by atoms with E-state index in [1.165, 1.54) is 0 Å². The van der Waals surface area contributed by atoms with Crippen LogP contribution in [0, 0.1) is 3.57 Å². The summed E-state index contributed by atoms with van der Waals surface area (Å²) in [5, 5.41) is 0.682. The maximum Gasteiger partial charge on any atom is 0.163 e. The van der Waals surface area contributed by atoms with Gasteiger partial charge < -0.3 is 14.5 Å². The summed E-state index contributed by atoms with van der Waals surface area (Å²) < 4.78 is 11.7. The fourth-order valence-corrected chi connectivity index (χ4v) is 2.91. The van der Waals surface area contributed by atoms with Gasteiger partial charge in [-0.3, -0.25) is 0 Å². The number of aromatic nitrogens is 2. The fraction of sp³-hybridized carbons (Fsp3) is 0.133. The molecule has 3 aromatic rings. The van der Waals surface area contributed by atoms with E-state index in [1.807, 2.05) is 30.3 Å². The highest BCUT2D eigenvalue weighted by molar-refractivity contribution is 14.1. The predicted molar refractivity (Wildman–Crippen MR) is 92.4 cm³/mol. The largest absolute Gasteiger partial charge is 0.493 e. The molecule has 0 unspecified atom stereocenters. The van der Waals surface area contributed by atoms with Crippen molar-refractivity contribution < 1.29 is 9.47 Å². The van der Waals surface area contributed by atoms with Gasteiger partial charge >= 0.3 is 0 Å². The van der Waals surface area contributed by atoms with Crippen molar-refractivity contribution in [2.24, 2.45) is 0 Å². The van der Waals surface area contributed by atoms with Crippen molar-refractivity contribution in [2.75, 3.05) is 14.2 Å². The van der Waals surface area contributed by atoms with Gasteiger partial charge in [-0.05, 0) is 40.8 Å². The first-order chi connectivity index (χ1) is 10.1. The Morgan fingerprint density at radius 3 is 2.52 bits per heavy atom. The molecule has 2 aromatic carbocycles. The first-order valence-corrected chi connectivity index (χ1v) is 7.65. The minimum Gasteiger partial charge on any atom is -0.493 e. The molecule has 0 saturated heterocycles. The highest BCUT2D eigenvalue weighted by Gasteiger charge is 2.13. The number of benzene rings is 2. The quantitative estimate of drug-likeness (QED) is 0.642. The van der Waals surface area contributed by atoms with Gasteiger partial charge in [0.15, 0.2) is 11.5 Å². The number of rotatable bonds is 3. The Morgan fingerprint density at radius 1 is 1.10 bits per heavy atom. The second-order valence-electron chi connectivity index (χ2n) is 4.43. The number of halogens is 2. The third kappa shape index (κ3) is 2.67. The summed E-state index contributed by atoms with van der Waals surface area (Å²) in [7, 11) is 3.22. The van der Waals surface area contributed by atoms with E-state index in [2.05, 4.69) is 32.6 Å². The van der Waals surface area contributed by atoms with Crippen LogP contribution < -0.4 is 9.47 Å². The number of aromatic amines is 1. The van der Waals surface area contributed by atoms with Gasteiger partial charge in [-0.15, -0.1) is 0 Å². The average molecular weight is 415 g/mol. The Hall–Kier alpha value is -1.47. The van der Waals surface area contributed by atoms with E-state index < -0.39 is 0 Å². The molecule has 21 heavy (non-hydrogen) atoms. The highest BCUT2D eigenvalue weighted by Crippen LogP contribution is 2.33. The standard InChI is InChI=1S/C15H12ClIN2O2/c1-20-13-6-11-12(7-14(13)21-2)19-15(18-11)9-5-8(16)3-4-10(9)17/h3-7H,1-2H3,(H,18,19). The normalized spacial score (nSPS) is 10.9. The van der Waals surface area contributed by atoms with Crippen molar-refractivity contribution in [3.63, 3.8) is 0 Å². The van der Waals surface area contributed by atoms with Crippen molar-refractivity contribution in [3.05, 3.63) is 38.9 Å². The molecule has 0 bridgehead atoms. The number of nitrogens with zero attached hydrogens (tertiary/aromatic N) is 1. The molecule has 0 spiro atoms. The number of H-pyrrole nitrogens is 1. The van der Waals surface area contributed by atoms with Crippen LogP contribution in [0.2, 0.25) is 5.02 Å². The van der Waals surface area contributed by atoms with Crippen LogP contribution in [0.4, 0.5) is 0 Å². The second kappa shape index (κ2) is 5.73. The molecule has 0 radical (unpaired) electrons. The zero-order chi connectivity index (χ0) is 15.0. The van der Waals surface area contributed by atoms with Crippen LogP contribution >= 0.6 is 34.2 Å². The molecular formula is C15H12ClIN2O2. The van der Waals surface area contributed by atoms with Crippen molar-refractivity contribution in [3.8, 4) is 22.9 Å². The summed E-state index contributed by atoms with van der Waals surface area (Å²) in [6, 6.07) is 9.46. The van der Waals surface area contributed by atoms with Gasteiger partial charge in [0.2, 0.25) is 0 Å². The number of hydrogen-bond acceptors (Lipinski definition) is 3. The van der Waals surface area contributed by atoms with Gasteiger partial charge in [-0.2, -0.15) is 0 Å². The monoisotopic (exact) mass is 414 g/mol. The number of imidazole rings is 1. The summed E-state index contributed by atoms with van der Waals surface area (Å²) in [6.45, 7) is 0. The Bertz CT molecular complexity index is 776. The van der Waals surface area contributed by atoms with Gasteiger partial charge in [0, 0.05) is 26.3 Å². The summed E-state index contributed by atoms with van der Waals surface area (Å²) in [4.78, 5) is 7.91. The lowest BCUT2D eigenvalue weighted by atomic mass is 10.2. The average Bonchev–Trinajstić information content (AvgIpc) is 2.90. The molecule has 0 aliphatic carbocycles. The summed E-state index contributed by atoms with van der Waals surface area (Å²) in [6.07, 6.45) is 0. The van der Waals surface area contributed by atoms with E-state index in [0.29, 0.717) is 16.5 Å². The first-order valence-electron chi connectivity index (χ1n) is 6.19. The van der Waals surface area contributed by atoms with Crippen LogP contribution in [0.25, 0.3) is 22.4 Å². The Labute approximate surface area is 140 Å². The third-order valence-corrected chi connectivity index (χ3v) is 4.35. The molecule has 0 atom stereocenters. The lowest BCUT2D eigenvalue weighted by Crippen LogP contribution is -1.89. The van der Waals surface area contributed by atoms with Gasteiger partial charge in [0.1, 0.15) is 5.82 Å². The van der Waals surface area contributed by atoms with Gasteiger partial charge in [0.05, 0.1) is 25.3 Å². The lowest BCUT2D eigenvalue weighted by Gasteiger charge is -2.06. The number of fused-ring (bicyclic) bond motifs is 1. The third-order valence-electron chi connectivity index (χ3n) is 3.17. The van der Waals surface area contributed by atoms with Crippen molar-refractivity contribution in [1.29, 1.82) is 0 Å². The molecule has 1 heterocycles. The number of nitrogens with one attached hydrogen (secondary N) is 1. The van der Waals surface area contributed by atoms with Crippen LogP contribution in [0.5, 0.6) is 11.5 Å². The maximum atomic E-state index is 6.08. The molecule has 0 fully saturated rings. The van der Waals surface area contributed by atoms with E-state index >= 15 is 0 Å². The Morgan fingerprint density at radius 2 is 1.81 bits per heavy atom. The number of ether oxygens (including phenoxy) is 2. The summed E-state index contributed by atoms with van der Waals surface area (Å²) >= 11 is 8.34. The molecular weight excluding hydrogens is 403 g/mol. The van der Waals surface area contributed by atoms with E-state index in [4.69, 9.17) is 21.1 Å². The molecule has 108 valence electrons. The molecule has 1 N–H and O–H groups in total. The topological polar surface area (TPSA) is 47.1 Å². The minimum absolute atomic E-state index is 0.656. The predicted octanol–water partition coefficient (Wildman–Crippen LogP) is 4.51. The van der Waals surface area contributed by atoms with E-state index in [1.54, 1.807) is 14.2 Å². The minimum atomic E-state index is 0.656. The molecule has 1 aromatic heterocycles. The van der Waals surface area contributed by atoms with E-state index in [0.717, 1.165) is 26.0 Å². The highest BCUT2D eigenvalue weighted by atomic mass is 127. The number of methoxy groups -OCH3 is 2. The van der Waals surface area contributed by atoms with E-state index in [9.17, 15) is 0 Å². The molecule has 0 saturated carbocycles. The lowest BCUT2D eigenvalue weighted by molar-refractivity contribution is 0.356.